The predicted molar refractivity (Wildman–Crippen MR) is 56.3 cm³/mol. The maximum Gasteiger partial charge on any atom is 0.207 e. The first-order chi connectivity index (χ1) is 6.63. The Morgan fingerprint density at radius 1 is 1.57 bits per heavy atom. The number of rotatable bonds is 4. The van der Waals surface area contributed by atoms with Gasteiger partial charge in [-0.05, 0) is 33.6 Å². The van der Waals surface area contributed by atoms with Crippen molar-refractivity contribution in [2.24, 2.45) is 0 Å². The second-order valence-corrected chi connectivity index (χ2v) is 3.63. The number of ether oxygens (including phenoxy) is 1. The van der Waals surface area contributed by atoms with Crippen LogP contribution in [0.5, 0.6) is 5.75 Å². The summed E-state index contributed by atoms with van der Waals surface area (Å²) in [6.07, 6.45) is 0.440. The van der Waals surface area contributed by atoms with Gasteiger partial charge in [0, 0.05) is 11.3 Å². The lowest BCUT2D eigenvalue weighted by Gasteiger charge is -2.04. The van der Waals surface area contributed by atoms with E-state index in [4.69, 9.17) is 4.74 Å². The molecule has 0 saturated heterocycles. The van der Waals surface area contributed by atoms with Crippen LogP contribution in [0, 0.1) is 10.1 Å². The zero-order valence-electron chi connectivity index (χ0n) is 7.70. The molecule has 1 aromatic rings. The highest BCUT2D eigenvalue weighted by atomic mass is 79.9. The number of halogens is 1. The second-order valence-electron chi connectivity index (χ2n) is 2.78. The van der Waals surface area contributed by atoms with Crippen LogP contribution in [0.1, 0.15) is 5.56 Å². The summed E-state index contributed by atoms with van der Waals surface area (Å²) in [5.74, 6) is 0.731. The topological polar surface area (TPSA) is 52.4 Å². The van der Waals surface area contributed by atoms with Gasteiger partial charge in [-0.15, -0.1) is 0 Å². The number of hydrogen-bond donors (Lipinski definition) is 0. The third-order valence-electron chi connectivity index (χ3n) is 1.80. The number of methoxy groups -OCH3 is 1. The van der Waals surface area contributed by atoms with E-state index in [0.29, 0.717) is 6.42 Å². The SMILES string of the molecule is COc1ccc(CC[N+](=O)[O-])cc1Br. The van der Waals surface area contributed by atoms with E-state index < -0.39 is 0 Å². The molecule has 0 spiro atoms. The van der Waals surface area contributed by atoms with Crippen LogP contribution in [-0.2, 0) is 6.42 Å². The van der Waals surface area contributed by atoms with E-state index in [0.717, 1.165) is 15.8 Å². The molecule has 4 nitrogen and oxygen atoms in total. The third kappa shape index (κ3) is 2.99. The average molecular weight is 260 g/mol. The molecule has 0 fully saturated rings. The van der Waals surface area contributed by atoms with Gasteiger partial charge in [0.1, 0.15) is 5.75 Å². The maximum absolute atomic E-state index is 10.1. The van der Waals surface area contributed by atoms with Crippen molar-refractivity contribution in [3.63, 3.8) is 0 Å². The number of nitro groups is 1. The molecule has 0 aliphatic rings. The average Bonchev–Trinajstić information content (AvgIpc) is 2.15. The Bertz CT molecular complexity index is 341. The molecule has 0 atom stereocenters. The molecule has 0 amide bonds. The molecule has 0 aromatic heterocycles. The maximum atomic E-state index is 10.1. The molecule has 5 heteroatoms. The highest BCUT2D eigenvalue weighted by Gasteiger charge is 2.03. The van der Waals surface area contributed by atoms with Gasteiger partial charge in [-0.3, -0.25) is 10.1 Å². The molecule has 14 heavy (non-hydrogen) atoms. The monoisotopic (exact) mass is 259 g/mol. The zero-order valence-corrected chi connectivity index (χ0v) is 9.28. The van der Waals surface area contributed by atoms with Gasteiger partial charge >= 0.3 is 0 Å². The fourth-order valence-electron chi connectivity index (χ4n) is 1.09. The smallest absolute Gasteiger partial charge is 0.207 e. The van der Waals surface area contributed by atoms with Crippen LogP contribution in [0.25, 0.3) is 0 Å². The summed E-state index contributed by atoms with van der Waals surface area (Å²) < 4.78 is 5.87. The lowest BCUT2D eigenvalue weighted by molar-refractivity contribution is -0.479. The summed E-state index contributed by atoms with van der Waals surface area (Å²) in [4.78, 5) is 9.83. The molecule has 0 N–H and O–H groups in total. The Morgan fingerprint density at radius 3 is 2.79 bits per heavy atom. The van der Waals surface area contributed by atoms with Gasteiger partial charge in [-0.25, -0.2) is 0 Å². The van der Waals surface area contributed by atoms with Gasteiger partial charge in [0.25, 0.3) is 0 Å². The van der Waals surface area contributed by atoms with Gasteiger partial charge in [0.2, 0.25) is 6.54 Å². The Hall–Kier alpha value is -1.10. The first-order valence-electron chi connectivity index (χ1n) is 4.07. The molecule has 76 valence electrons. The van der Waals surface area contributed by atoms with Crippen molar-refractivity contribution in [1.29, 1.82) is 0 Å². The van der Waals surface area contributed by atoms with Crippen LogP contribution in [-0.4, -0.2) is 18.6 Å². The van der Waals surface area contributed by atoms with Crippen LogP contribution in [0.15, 0.2) is 22.7 Å². The van der Waals surface area contributed by atoms with Gasteiger partial charge in [-0.2, -0.15) is 0 Å². The van der Waals surface area contributed by atoms with E-state index in [1.165, 1.54) is 0 Å². The van der Waals surface area contributed by atoms with E-state index in [-0.39, 0.29) is 11.5 Å². The van der Waals surface area contributed by atoms with Crippen LogP contribution in [0.4, 0.5) is 0 Å². The van der Waals surface area contributed by atoms with Crippen LogP contribution >= 0.6 is 15.9 Å². The van der Waals surface area contributed by atoms with Crippen LogP contribution in [0.2, 0.25) is 0 Å². The first kappa shape index (κ1) is 11.0. The Balaban J connectivity index is 2.71. The van der Waals surface area contributed by atoms with Crippen molar-refractivity contribution in [3.05, 3.63) is 38.3 Å². The number of benzene rings is 1. The molecule has 0 heterocycles. The number of hydrogen-bond acceptors (Lipinski definition) is 3. The van der Waals surface area contributed by atoms with E-state index in [1.807, 2.05) is 12.1 Å². The summed E-state index contributed by atoms with van der Waals surface area (Å²) >= 11 is 3.32. The Labute approximate surface area is 90.2 Å². The molecule has 0 aliphatic carbocycles. The quantitative estimate of drug-likeness (QED) is 0.616. The van der Waals surface area contributed by atoms with Gasteiger partial charge < -0.3 is 4.74 Å². The van der Waals surface area contributed by atoms with Crippen LogP contribution in [0.3, 0.4) is 0 Å². The summed E-state index contributed by atoms with van der Waals surface area (Å²) in [7, 11) is 1.58. The van der Waals surface area contributed by atoms with Gasteiger partial charge in [-0.1, -0.05) is 6.07 Å². The van der Waals surface area contributed by atoms with Crippen molar-refractivity contribution in [1.82, 2.24) is 0 Å². The fourth-order valence-corrected chi connectivity index (χ4v) is 1.67. The minimum Gasteiger partial charge on any atom is -0.496 e. The molecule has 0 aliphatic heterocycles. The molecule has 0 radical (unpaired) electrons. The summed E-state index contributed by atoms with van der Waals surface area (Å²) in [5, 5.41) is 10.1. The second kappa shape index (κ2) is 4.95. The van der Waals surface area contributed by atoms with Crippen molar-refractivity contribution < 1.29 is 9.66 Å². The van der Waals surface area contributed by atoms with Crippen molar-refractivity contribution in [3.8, 4) is 5.75 Å². The molecule has 1 aromatic carbocycles. The third-order valence-corrected chi connectivity index (χ3v) is 2.42. The Morgan fingerprint density at radius 2 is 2.29 bits per heavy atom. The molecule has 0 saturated carbocycles. The minimum atomic E-state index is -0.321. The van der Waals surface area contributed by atoms with Gasteiger partial charge in [0.05, 0.1) is 11.6 Å². The largest absolute Gasteiger partial charge is 0.496 e. The lowest BCUT2D eigenvalue weighted by atomic mass is 10.1. The molecular weight excluding hydrogens is 250 g/mol. The number of nitrogens with zero attached hydrogens (tertiary/aromatic N) is 1. The zero-order chi connectivity index (χ0) is 10.6. The summed E-state index contributed by atoms with van der Waals surface area (Å²) in [6.45, 7) is -0.0429. The van der Waals surface area contributed by atoms with Crippen molar-refractivity contribution >= 4 is 15.9 Å². The fraction of sp³-hybridized carbons (Fsp3) is 0.333. The van der Waals surface area contributed by atoms with E-state index in [9.17, 15) is 10.1 Å². The molecule has 0 bridgehead atoms. The van der Waals surface area contributed by atoms with Gasteiger partial charge in [0.15, 0.2) is 0 Å². The summed E-state index contributed by atoms with van der Waals surface area (Å²) in [5.41, 5.74) is 0.925. The molecule has 1 rings (SSSR count). The van der Waals surface area contributed by atoms with Crippen molar-refractivity contribution in [2.75, 3.05) is 13.7 Å². The highest BCUT2D eigenvalue weighted by molar-refractivity contribution is 9.10. The van der Waals surface area contributed by atoms with Crippen molar-refractivity contribution in [2.45, 2.75) is 6.42 Å². The normalized spacial score (nSPS) is 9.86. The van der Waals surface area contributed by atoms with E-state index >= 15 is 0 Å². The molecule has 0 unspecified atom stereocenters. The predicted octanol–water partition coefficient (Wildman–Crippen LogP) is 2.28. The Kier molecular flexibility index (Phi) is 3.88. The standard InChI is InChI=1S/C9H10BrNO3/c1-14-9-3-2-7(6-8(9)10)4-5-11(12)13/h2-3,6H,4-5H2,1H3. The summed E-state index contributed by atoms with van der Waals surface area (Å²) in [6, 6.07) is 5.45. The lowest BCUT2D eigenvalue weighted by Crippen LogP contribution is -2.03. The molecular formula is C9H10BrNO3. The van der Waals surface area contributed by atoms with Crippen LogP contribution < -0.4 is 4.74 Å². The first-order valence-corrected chi connectivity index (χ1v) is 4.87. The van der Waals surface area contributed by atoms with E-state index in [2.05, 4.69) is 15.9 Å². The minimum absolute atomic E-state index is 0.0429. The highest BCUT2D eigenvalue weighted by Crippen LogP contribution is 2.25. The van der Waals surface area contributed by atoms with E-state index in [1.54, 1.807) is 13.2 Å².